The van der Waals surface area contributed by atoms with Gasteiger partial charge in [0, 0.05) is 13.0 Å². The lowest BCUT2D eigenvalue weighted by Gasteiger charge is -2.12. The number of carbonyl (C=O) groups is 1. The minimum Gasteiger partial charge on any atom is -0.387 e. The van der Waals surface area contributed by atoms with Crippen LogP contribution in [-0.4, -0.2) is 17.6 Å². The van der Waals surface area contributed by atoms with Crippen molar-refractivity contribution >= 4 is 5.91 Å². The Labute approximate surface area is 140 Å². The number of hydrogen-bond acceptors (Lipinski definition) is 2. The normalized spacial score (nSPS) is 12.0. The van der Waals surface area contributed by atoms with E-state index in [0.717, 1.165) is 29.3 Å². The lowest BCUT2D eigenvalue weighted by Crippen LogP contribution is -2.28. The van der Waals surface area contributed by atoms with Gasteiger partial charge in [-0.05, 0) is 49.1 Å². The van der Waals surface area contributed by atoms with E-state index in [1.165, 1.54) is 0 Å². The van der Waals surface area contributed by atoms with Gasteiger partial charge in [-0.25, -0.2) is 8.78 Å². The van der Waals surface area contributed by atoms with E-state index in [1.54, 1.807) is 0 Å². The molecule has 2 aromatic rings. The van der Waals surface area contributed by atoms with Crippen molar-refractivity contribution in [3.63, 3.8) is 0 Å². The van der Waals surface area contributed by atoms with Gasteiger partial charge in [-0.1, -0.05) is 29.8 Å². The molecular weight excluding hydrogens is 312 g/mol. The monoisotopic (exact) mass is 333 g/mol. The summed E-state index contributed by atoms with van der Waals surface area (Å²) in [5.41, 5.74) is 2.10. The molecule has 0 saturated heterocycles. The molecule has 0 aliphatic carbocycles. The van der Waals surface area contributed by atoms with Crippen LogP contribution in [0.5, 0.6) is 0 Å². The fourth-order valence-electron chi connectivity index (χ4n) is 2.38. The third-order valence-electron chi connectivity index (χ3n) is 3.81. The van der Waals surface area contributed by atoms with Crippen LogP contribution in [0.1, 0.15) is 35.6 Å². The predicted octanol–water partition coefficient (Wildman–Crippen LogP) is 3.45. The van der Waals surface area contributed by atoms with Crippen molar-refractivity contribution in [2.24, 2.45) is 0 Å². The summed E-state index contributed by atoms with van der Waals surface area (Å²) in [6, 6.07) is 10.7. The second kappa shape index (κ2) is 8.55. The number of nitrogens with one attached hydrogen (secondary N) is 1. The van der Waals surface area contributed by atoms with Crippen LogP contribution in [0.4, 0.5) is 8.78 Å². The van der Waals surface area contributed by atoms with Crippen molar-refractivity contribution in [1.29, 1.82) is 0 Å². The van der Waals surface area contributed by atoms with Crippen molar-refractivity contribution in [2.45, 2.75) is 32.3 Å². The van der Waals surface area contributed by atoms with Gasteiger partial charge in [-0.15, -0.1) is 0 Å². The average molecular weight is 333 g/mol. The zero-order valence-corrected chi connectivity index (χ0v) is 13.6. The number of aliphatic hydroxyl groups excluding tert-OH is 1. The summed E-state index contributed by atoms with van der Waals surface area (Å²) >= 11 is 0. The van der Waals surface area contributed by atoms with Gasteiger partial charge in [0.2, 0.25) is 5.91 Å². The Hall–Kier alpha value is -2.27. The van der Waals surface area contributed by atoms with Gasteiger partial charge in [-0.2, -0.15) is 0 Å². The highest BCUT2D eigenvalue weighted by Crippen LogP contribution is 2.14. The molecule has 2 aromatic carbocycles. The largest absolute Gasteiger partial charge is 0.387 e. The van der Waals surface area contributed by atoms with Crippen molar-refractivity contribution in [3.05, 3.63) is 70.8 Å². The third-order valence-corrected chi connectivity index (χ3v) is 3.81. The first kappa shape index (κ1) is 18.1. The van der Waals surface area contributed by atoms with Crippen LogP contribution >= 0.6 is 0 Å². The second-order valence-corrected chi connectivity index (χ2v) is 5.82. The second-order valence-electron chi connectivity index (χ2n) is 5.82. The maximum Gasteiger partial charge on any atom is 0.220 e. The minimum atomic E-state index is -0.768. The predicted molar refractivity (Wildman–Crippen MR) is 88.4 cm³/mol. The quantitative estimate of drug-likeness (QED) is 0.815. The molecule has 1 unspecified atom stereocenters. The summed E-state index contributed by atoms with van der Waals surface area (Å²) in [4.78, 5) is 11.8. The highest BCUT2D eigenvalue weighted by Gasteiger charge is 2.10. The number of hydrogen-bond donors (Lipinski definition) is 2. The van der Waals surface area contributed by atoms with Gasteiger partial charge in [-0.3, -0.25) is 4.79 Å². The van der Waals surface area contributed by atoms with Gasteiger partial charge in [0.15, 0.2) is 0 Å². The van der Waals surface area contributed by atoms with E-state index < -0.39 is 17.7 Å². The maximum absolute atomic E-state index is 13.5. The van der Waals surface area contributed by atoms with E-state index >= 15 is 0 Å². The molecule has 1 amide bonds. The molecule has 0 aliphatic heterocycles. The smallest absolute Gasteiger partial charge is 0.220 e. The van der Waals surface area contributed by atoms with Crippen molar-refractivity contribution in [2.75, 3.05) is 6.54 Å². The van der Waals surface area contributed by atoms with E-state index in [9.17, 15) is 18.7 Å². The summed E-state index contributed by atoms with van der Waals surface area (Å²) in [6.45, 7) is 2.08. The molecule has 0 aromatic heterocycles. The maximum atomic E-state index is 13.5. The van der Waals surface area contributed by atoms with E-state index in [2.05, 4.69) is 5.32 Å². The number of amides is 1. The van der Waals surface area contributed by atoms with Crippen LogP contribution in [0.2, 0.25) is 0 Å². The first-order chi connectivity index (χ1) is 11.5. The Bertz CT molecular complexity index is 686. The molecule has 24 heavy (non-hydrogen) atoms. The lowest BCUT2D eigenvalue weighted by molar-refractivity contribution is -0.121. The van der Waals surface area contributed by atoms with Gasteiger partial charge in [0.25, 0.3) is 0 Å². The van der Waals surface area contributed by atoms with Crippen LogP contribution in [-0.2, 0) is 11.2 Å². The molecule has 0 heterocycles. The summed E-state index contributed by atoms with van der Waals surface area (Å²) in [6.07, 6.45) is 0.121. The molecule has 0 spiro atoms. The van der Waals surface area contributed by atoms with Gasteiger partial charge < -0.3 is 10.4 Å². The molecule has 2 rings (SSSR count). The number of benzene rings is 2. The fourth-order valence-corrected chi connectivity index (χ4v) is 2.38. The number of halogens is 2. The fraction of sp³-hybridized carbons (Fsp3) is 0.316. The van der Waals surface area contributed by atoms with Crippen LogP contribution in [0.15, 0.2) is 42.5 Å². The molecule has 1 atom stereocenters. The Morgan fingerprint density at radius 2 is 1.88 bits per heavy atom. The molecule has 128 valence electrons. The van der Waals surface area contributed by atoms with Gasteiger partial charge in [0.1, 0.15) is 11.6 Å². The van der Waals surface area contributed by atoms with Crippen molar-refractivity contribution in [3.8, 4) is 0 Å². The van der Waals surface area contributed by atoms with E-state index in [-0.39, 0.29) is 30.9 Å². The van der Waals surface area contributed by atoms with E-state index in [4.69, 9.17) is 0 Å². The highest BCUT2D eigenvalue weighted by molar-refractivity contribution is 5.75. The molecule has 2 N–H and O–H groups in total. The average Bonchev–Trinajstić information content (AvgIpc) is 2.56. The Kier molecular flexibility index (Phi) is 6.44. The van der Waals surface area contributed by atoms with Crippen LogP contribution in [0.25, 0.3) is 0 Å². The van der Waals surface area contributed by atoms with Crippen molar-refractivity contribution in [1.82, 2.24) is 5.32 Å². The topological polar surface area (TPSA) is 49.3 Å². The lowest BCUT2D eigenvalue weighted by atomic mass is 10.1. The van der Waals surface area contributed by atoms with Crippen LogP contribution < -0.4 is 5.32 Å². The molecule has 0 saturated carbocycles. The molecule has 0 bridgehead atoms. The molecular formula is C19H21F2NO2. The summed E-state index contributed by atoms with van der Waals surface area (Å²) in [5, 5.41) is 12.7. The van der Waals surface area contributed by atoms with E-state index in [0.29, 0.717) is 6.42 Å². The SMILES string of the molecule is Cc1ccc(C(O)CNC(=O)CCCc2cc(F)ccc2F)cc1. The molecule has 0 fully saturated rings. The zero-order valence-electron chi connectivity index (χ0n) is 13.6. The van der Waals surface area contributed by atoms with Crippen LogP contribution in [0.3, 0.4) is 0 Å². The Morgan fingerprint density at radius 1 is 1.17 bits per heavy atom. The summed E-state index contributed by atoms with van der Waals surface area (Å²) < 4.78 is 26.5. The Balaban J connectivity index is 1.73. The standard InChI is InChI=1S/C19H21F2NO2/c1-13-5-7-14(8-6-13)18(23)12-22-19(24)4-2-3-15-11-16(20)9-10-17(15)21/h5-11,18,23H,2-4,12H2,1H3,(H,22,24). The number of aliphatic hydroxyl groups is 1. The third kappa shape index (κ3) is 5.42. The first-order valence-corrected chi connectivity index (χ1v) is 7.91. The van der Waals surface area contributed by atoms with Crippen LogP contribution in [0, 0.1) is 18.6 Å². The van der Waals surface area contributed by atoms with E-state index in [1.807, 2.05) is 31.2 Å². The summed E-state index contributed by atoms with van der Waals surface area (Å²) in [5.74, 6) is -1.18. The molecule has 5 heteroatoms. The zero-order chi connectivity index (χ0) is 17.5. The van der Waals surface area contributed by atoms with Gasteiger partial charge >= 0.3 is 0 Å². The van der Waals surface area contributed by atoms with Crippen molar-refractivity contribution < 1.29 is 18.7 Å². The Morgan fingerprint density at radius 3 is 2.58 bits per heavy atom. The minimum absolute atomic E-state index is 0.121. The number of aryl methyl sites for hydroxylation is 2. The molecule has 0 aliphatic rings. The molecule has 0 radical (unpaired) electrons. The summed E-state index contributed by atoms with van der Waals surface area (Å²) in [7, 11) is 0. The first-order valence-electron chi connectivity index (χ1n) is 7.91. The van der Waals surface area contributed by atoms with Gasteiger partial charge in [0.05, 0.1) is 6.10 Å². The number of rotatable bonds is 7. The number of carbonyl (C=O) groups excluding carboxylic acids is 1. The molecule has 3 nitrogen and oxygen atoms in total. The highest BCUT2D eigenvalue weighted by atomic mass is 19.1.